The van der Waals surface area contributed by atoms with E-state index in [0.717, 1.165) is 28.5 Å². The van der Waals surface area contributed by atoms with E-state index in [0.29, 0.717) is 5.82 Å². The van der Waals surface area contributed by atoms with Crippen LogP contribution in [0.4, 0.5) is 5.82 Å². The van der Waals surface area contributed by atoms with E-state index < -0.39 is 0 Å². The molecule has 102 valence electrons. The number of H-pyrrole nitrogens is 1. The minimum Gasteiger partial charge on any atom is -0.383 e. The van der Waals surface area contributed by atoms with Crippen molar-refractivity contribution in [3.63, 3.8) is 0 Å². The Morgan fingerprint density at radius 1 is 0.905 bits per heavy atom. The van der Waals surface area contributed by atoms with E-state index >= 15 is 0 Å². The molecule has 0 aliphatic rings. The average Bonchev–Trinajstić information content (AvgIpc) is 2.86. The number of benzene rings is 2. The molecule has 2 heterocycles. The number of pyridine rings is 1. The molecule has 0 unspecified atom stereocenters. The van der Waals surface area contributed by atoms with Gasteiger partial charge in [0.2, 0.25) is 0 Å². The average molecular weight is 273 g/mol. The van der Waals surface area contributed by atoms with Gasteiger partial charge in [0, 0.05) is 22.7 Å². The molecule has 4 rings (SSSR count). The normalized spacial score (nSPS) is 11.2. The van der Waals surface area contributed by atoms with Crippen LogP contribution in [-0.4, -0.2) is 9.97 Å². The fourth-order valence-electron chi connectivity index (χ4n) is 2.78. The summed E-state index contributed by atoms with van der Waals surface area (Å²) in [6.07, 6.45) is 0.801. The van der Waals surface area contributed by atoms with Crippen molar-refractivity contribution in [2.75, 3.05) is 5.73 Å². The highest BCUT2D eigenvalue weighted by molar-refractivity contribution is 6.06. The van der Waals surface area contributed by atoms with Crippen LogP contribution in [0.5, 0.6) is 0 Å². The van der Waals surface area contributed by atoms with Crippen molar-refractivity contribution in [3.8, 4) is 0 Å². The van der Waals surface area contributed by atoms with Gasteiger partial charge in [-0.15, -0.1) is 0 Å². The fraction of sp³-hybridized carbons (Fsp3) is 0.0556. The molecule has 0 bridgehead atoms. The van der Waals surface area contributed by atoms with Crippen molar-refractivity contribution in [3.05, 3.63) is 71.8 Å². The lowest BCUT2D eigenvalue weighted by Crippen LogP contribution is -1.99. The van der Waals surface area contributed by atoms with Crippen molar-refractivity contribution in [1.82, 2.24) is 9.97 Å². The number of aromatic nitrogens is 2. The van der Waals surface area contributed by atoms with Gasteiger partial charge in [-0.25, -0.2) is 4.98 Å². The Labute approximate surface area is 122 Å². The third kappa shape index (κ3) is 2.03. The molecule has 0 fully saturated rings. The smallest absolute Gasteiger partial charge is 0.140 e. The van der Waals surface area contributed by atoms with Crippen LogP contribution in [0.25, 0.3) is 21.9 Å². The molecule has 2 aromatic carbocycles. The maximum Gasteiger partial charge on any atom is 0.140 e. The van der Waals surface area contributed by atoms with Crippen LogP contribution < -0.4 is 5.73 Å². The van der Waals surface area contributed by atoms with Crippen LogP contribution in [0.2, 0.25) is 0 Å². The summed E-state index contributed by atoms with van der Waals surface area (Å²) in [4.78, 5) is 7.85. The summed E-state index contributed by atoms with van der Waals surface area (Å²) in [6.45, 7) is 0. The predicted octanol–water partition coefficient (Wildman–Crippen LogP) is 3.89. The highest BCUT2D eigenvalue weighted by atomic mass is 14.9. The third-order valence-corrected chi connectivity index (χ3v) is 3.84. The molecule has 0 saturated carbocycles. The number of nitrogens with one attached hydrogen (secondary N) is 1. The first-order chi connectivity index (χ1) is 10.3. The van der Waals surface area contributed by atoms with Crippen molar-refractivity contribution in [2.45, 2.75) is 6.42 Å². The first kappa shape index (κ1) is 12.0. The lowest BCUT2D eigenvalue weighted by molar-refractivity contribution is 1.17. The van der Waals surface area contributed by atoms with E-state index in [2.05, 4.69) is 40.3 Å². The summed E-state index contributed by atoms with van der Waals surface area (Å²) in [6, 6.07) is 20.7. The van der Waals surface area contributed by atoms with E-state index in [1.54, 1.807) is 0 Å². The molecule has 2 aromatic heterocycles. The van der Waals surface area contributed by atoms with Crippen molar-refractivity contribution >= 4 is 27.8 Å². The van der Waals surface area contributed by atoms with Crippen LogP contribution in [0.15, 0.2) is 60.7 Å². The second kappa shape index (κ2) is 4.63. The Bertz CT molecular complexity index is 923. The molecule has 0 saturated heterocycles. The molecule has 0 radical (unpaired) electrons. The molecule has 21 heavy (non-hydrogen) atoms. The van der Waals surface area contributed by atoms with Gasteiger partial charge in [-0.3, -0.25) is 0 Å². The van der Waals surface area contributed by atoms with Crippen LogP contribution in [0.3, 0.4) is 0 Å². The van der Waals surface area contributed by atoms with Crippen LogP contribution in [-0.2, 0) is 6.42 Å². The standard InChI is InChI=1S/C18H15N3/c19-17-13(10-12-6-2-1-3-7-12)11-15-14-8-4-5-9-16(14)20-18(15)21-17/h1-9,11H,10H2,(H3,19,20,21). The van der Waals surface area contributed by atoms with Gasteiger partial charge in [0.1, 0.15) is 11.5 Å². The predicted molar refractivity (Wildman–Crippen MR) is 87.3 cm³/mol. The number of nitrogen functional groups attached to an aromatic ring is 1. The zero-order valence-corrected chi connectivity index (χ0v) is 11.5. The maximum absolute atomic E-state index is 6.13. The van der Waals surface area contributed by atoms with Gasteiger partial charge in [-0.05, 0) is 23.3 Å². The van der Waals surface area contributed by atoms with E-state index in [4.69, 9.17) is 5.73 Å². The number of para-hydroxylation sites is 1. The summed E-state index contributed by atoms with van der Waals surface area (Å²) < 4.78 is 0. The number of anilines is 1. The van der Waals surface area contributed by atoms with E-state index in [-0.39, 0.29) is 0 Å². The van der Waals surface area contributed by atoms with Crippen molar-refractivity contribution in [1.29, 1.82) is 0 Å². The summed E-state index contributed by atoms with van der Waals surface area (Å²) in [5, 5.41) is 2.32. The van der Waals surface area contributed by atoms with Gasteiger partial charge in [0.05, 0.1) is 0 Å². The summed E-state index contributed by atoms with van der Waals surface area (Å²) in [5.74, 6) is 0.595. The Kier molecular flexibility index (Phi) is 2.64. The Morgan fingerprint density at radius 2 is 1.67 bits per heavy atom. The topological polar surface area (TPSA) is 54.7 Å². The van der Waals surface area contributed by atoms with Gasteiger partial charge in [0.25, 0.3) is 0 Å². The van der Waals surface area contributed by atoms with Crippen LogP contribution >= 0.6 is 0 Å². The molecule has 0 atom stereocenters. The number of nitrogens with two attached hydrogens (primary N) is 1. The molecule has 3 nitrogen and oxygen atoms in total. The van der Waals surface area contributed by atoms with E-state index in [1.807, 2.05) is 30.3 Å². The molecule has 0 aliphatic heterocycles. The molecule has 0 spiro atoms. The second-order valence-corrected chi connectivity index (χ2v) is 5.26. The number of fused-ring (bicyclic) bond motifs is 3. The molecular weight excluding hydrogens is 258 g/mol. The van der Waals surface area contributed by atoms with Gasteiger partial charge in [-0.2, -0.15) is 0 Å². The number of hydrogen-bond donors (Lipinski definition) is 2. The Morgan fingerprint density at radius 3 is 2.52 bits per heavy atom. The SMILES string of the molecule is Nc1nc2[nH]c3ccccc3c2cc1Cc1ccccc1. The fourth-order valence-corrected chi connectivity index (χ4v) is 2.78. The minimum atomic E-state index is 0.595. The third-order valence-electron chi connectivity index (χ3n) is 3.84. The Hall–Kier alpha value is -2.81. The first-order valence-corrected chi connectivity index (χ1v) is 7.01. The number of nitrogens with zero attached hydrogens (tertiary/aromatic N) is 1. The number of aromatic amines is 1. The van der Waals surface area contributed by atoms with Gasteiger partial charge in [-0.1, -0.05) is 48.5 Å². The Balaban J connectivity index is 1.89. The molecule has 0 aliphatic carbocycles. The molecule has 4 aromatic rings. The zero-order valence-electron chi connectivity index (χ0n) is 11.5. The van der Waals surface area contributed by atoms with Crippen molar-refractivity contribution < 1.29 is 0 Å². The molecule has 3 heteroatoms. The number of rotatable bonds is 2. The first-order valence-electron chi connectivity index (χ1n) is 7.01. The molecule has 0 amide bonds. The van der Waals surface area contributed by atoms with Gasteiger partial charge < -0.3 is 10.7 Å². The molecular formula is C18H15N3. The lowest BCUT2D eigenvalue weighted by Gasteiger charge is -2.05. The van der Waals surface area contributed by atoms with Crippen LogP contribution in [0, 0.1) is 0 Å². The monoisotopic (exact) mass is 273 g/mol. The highest BCUT2D eigenvalue weighted by Crippen LogP contribution is 2.27. The largest absolute Gasteiger partial charge is 0.383 e. The number of hydrogen-bond acceptors (Lipinski definition) is 2. The van der Waals surface area contributed by atoms with Crippen LogP contribution in [0.1, 0.15) is 11.1 Å². The van der Waals surface area contributed by atoms with E-state index in [9.17, 15) is 0 Å². The lowest BCUT2D eigenvalue weighted by atomic mass is 10.0. The highest BCUT2D eigenvalue weighted by Gasteiger charge is 2.09. The quantitative estimate of drug-likeness (QED) is 0.582. The maximum atomic E-state index is 6.13. The molecule has 3 N–H and O–H groups in total. The van der Waals surface area contributed by atoms with Gasteiger partial charge >= 0.3 is 0 Å². The van der Waals surface area contributed by atoms with Crippen molar-refractivity contribution in [2.24, 2.45) is 0 Å². The summed E-state index contributed by atoms with van der Waals surface area (Å²) >= 11 is 0. The summed E-state index contributed by atoms with van der Waals surface area (Å²) in [5.41, 5.74) is 10.4. The second-order valence-electron chi connectivity index (χ2n) is 5.26. The van der Waals surface area contributed by atoms with Gasteiger partial charge in [0.15, 0.2) is 0 Å². The van der Waals surface area contributed by atoms with E-state index in [1.165, 1.54) is 10.9 Å². The zero-order chi connectivity index (χ0) is 14.2. The summed E-state index contributed by atoms with van der Waals surface area (Å²) in [7, 11) is 0. The minimum absolute atomic E-state index is 0.595.